The first kappa shape index (κ1) is 15.3. The van der Waals surface area contributed by atoms with E-state index in [1.807, 2.05) is 27.7 Å². The van der Waals surface area contributed by atoms with Crippen LogP contribution in [0.1, 0.15) is 47.5 Å². The Bertz CT molecular complexity index is 280. The number of alkyl halides is 3. The Balaban J connectivity index is 0.00000106. The fraction of sp³-hybridized carbons (Fsp3) is 0.692. The number of hydrogen-bond donors (Lipinski definition) is 0. The maximum Gasteiger partial charge on any atom is 0.416 e. The highest BCUT2D eigenvalue weighted by Gasteiger charge is 2.36. The monoisotopic (exact) mass is 234 g/mol. The van der Waals surface area contributed by atoms with Crippen LogP contribution in [0.3, 0.4) is 0 Å². The third-order valence-electron chi connectivity index (χ3n) is 2.53. The molecule has 0 aromatic carbocycles. The molecule has 0 amide bonds. The summed E-state index contributed by atoms with van der Waals surface area (Å²) in [6, 6.07) is 0. The quantitative estimate of drug-likeness (QED) is 0.580. The van der Waals surface area contributed by atoms with Gasteiger partial charge in [-0.15, -0.1) is 0 Å². The van der Waals surface area contributed by atoms with Crippen LogP contribution in [0.2, 0.25) is 0 Å². The van der Waals surface area contributed by atoms with Gasteiger partial charge in [-0.25, -0.2) is 0 Å². The van der Waals surface area contributed by atoms with Crippen LogP contribution in [0.4, 0.5) is 13.2 Å². The standard InChI is InChI=1S/C11H15F3.C2H6/c1-7(2)9-5-4-8(3)6-10(9)11(12,13)14;1-2/h6-7H,4-5H2,1-3H3;1-2H3. The SMILES string of the molecule is CC.CC1=CC(C(F)(F)F)=C(C(C)C)CC1. The molecule has 1 aliphatic carbocycles. The molecule has 16 heavy (non-hydrogen) atoms. The van der Waals surface area contributed by atoms with E-state index >= 15 is 0 Å². The Morgan fingerprint density at radius 2 is 1.62 bits per heavy atom. The molecule has 0 atom stereocenters. The van der Waals surface area contributed by atoms with E-state index < -0.39 is 11.7 Å². The van der Waals surface area contributed by atoms with Gasteiger partial charge in [0.25, 0.3) is 0 Å². The summed E-state index contributed by atoms with van der Waals surface area (Å²) in [5, 5.41) is 0. The molecule has 0 bridgehead atoms. The third-order valence-corrected chi connectivity index (χ3v) is 2.53. The van der Waals surface area contributed by atoms with E-state index in [1.54, 1.807) is 6.92 Å². The van der Waals surface area contributed by atoms with Crippen LogP contribution < -0.4 is 0 Å². The zero-order valence-corrected chi connectivity index (χ0v) is 10.7. The van der Waals surface area contributed by atoms with Crippen LogP contribution in [0, 0.1) is 5.92 Å². The molecule has 0 unspecified atom stereocenters. The normalized spacial score (nSPS) is 16.9. The number of hydrogen-bond acceptors (Lipinski definition) is 0. The van der Waals surface area contributed by atoms with Crippen LogP contribution in [0.15, 0.2) is 22.8 Å². The van der Waals surface area contributed by atoms with Crippen molar-refractivity contribution in [3.8, 4) is 0 Å². The van der Waals surface area contributed by atoms with Gasteiger partial charge >= 0.3 is 6.18 Å². The lowest BCUT2D eigenvalue weighted by atomic mass is 9.86. The van der Waals surface area contributed by atoms with E-state index in [2.05, 4.69) is 0 Å². The van der Waals surface area contributed by atoms with Gasteiger partial charge in [0.1, 0.15) is 0 Å². The molecular formula is C13H21F3. The summed E-state index contributed by atoms with van der Waals surface area (Å²) in [5.74, 6) is -0.0176. The largest absolute Gasteiger partial charge is 0.416 e. The molecular weight excluding hydrogens is 213 g/mol. The lowest BCUT2D eigenvalue weighted by molar-refractivity contribution is -0.0898. The molecule has 0 fully saturated rings. The predicted octanol–water partition coefficient (Wildman–Crippen LogP) is 5.27. The summed E-state index contributed by atoms with van der Waals surface area (Å²) in [6.07, 6.45) is -1.60. The molecule has 0 radical (unpaired) electrons. The summed E-state index contributed by atoms with van der Waals surface area (Å²) < 4.78 is 37.9. The molecule has 0 aromatic rings. The van der Waals surface area contributed by atoms with Crippen molar-refractivity contribution in [2.24, 2.45) is 5.92 Å². The molecule has 1 rings (SSSR count). The zero-order chi connectivity index (χ0) is 12.9. The van der Waals surface area contributed by atoms with Gasteiger partial charge in [0.2, 0.25) is 0 Å². The van der Waals surface area contributed by atoms with Crippen molar-refractivity contribution in [2.75, 3.05) is 0 Å². The Labute approximate surface area is 96.2 Å². The Morgan fingerprint density at radius 1 is 1.12 bits per heavy atom. The van der Waals surface area contributed by atoms with Crippen molar-refractivity contribution in [1.29, 1.82) is 0 Å². The lowest BCUT2D eigenvalue weighted by Gasteiger charge is -2.23. The molecule has 94 valence electrons. The van der Waals surface area contributed by atoms with E-state index in [1.165, 1.54) is 6.08 Å². The second kappa shape index (κ2) is 6.12. The summed E-state index contributed by atoms with van der Waals surface area (Å²) in [4.78, 5) is 0. The highest BCUT2D eigenvalue weighted by atomic mass is 19.4. The molecule has 0 saturated carbocycles. The van der Waals surface area contributed by atoms with Crippen molar-refractivity contribution in [3.05, 3.63) is 22.8 Å². The maximum atomic E-state index is 12.6. The zero-order valence-electron chi connectivity index (χ0n) is 10.7. The van der Waals surface area contributed by atoms with Gasteiger partial charge in [0.05, 0.1) is 5.57 Å². The van der Waals surface area contributed by atoms with E-state index in [-0.39, 0.29) is 5.92 Å². The highest BCUT2D eigenvalue weighted by Crippen LogP contribution is 2.38. The summed E-state index contributed by atoms with van der Waals surface area (Å²) in [7, 11) is 0. The summed E-state index contributed by atoms with van der Waals surface area (Å²) in [5.41, 5.74) is 0.945. The highest BCUT2D eigenvalue weighted by molar-refractivity contribution is 5.37. The predicted molar refractivity (Wildman–Crippen MR) is 62.3 cm³/mol. The molecule has 0 saturated heterocycles. The van der Waals surface area contributed by atoms with Crippen molar-refractivity contribution in [1.82, 2.24) is 0 Å². The Hall–Kier alpha value is -0.730. The van der Waals surface area contributed by atoms with Crippen LogP contribution in [-0.4, -0.2) is 6.18 Å². The van der Waals surface area contributed by atoms with Crippen LogP contribution in [0.25, 0.3) is 0 Å². The summed E-state index contributed by atoms with van der Waals surface area (Å²) >= 11 is 0. The molecule has 1 aliphatic rings. The molecule has 0 heterocycles. The van der Waals surface area contributed by atoms with Crippen molar-refractivity contribution in [2.45, 2.75) is 53.6 Å². The van der Waals surface area contributed by atoms with Crippen LogP contribution >= 0.6 is 0 Å². The van der Waals surface area contributed by atoms with Gasteiger partial charge in [0, 0.05) is 0 Å². The van der Waals surface area contributed by atoms with Gasteiger partial charge in [0.15, 0.2) is 0 Å². The average molecular weight is 234 g/mol. The van der Waals surface area contributed by atoms with Gasteiger partial charge in [-0.1, -0.05) is 44.9 Å². The van der Waals surface area contributed by atoms with Gasteiger partial charge in [-0.3, -0.25) is 0 Å². The van der Waals surface area contributed by atoms with Crippen molar-refractivity contribution < 1.29 is 13.2 Å². The molecule has 3 heteroatoms. The lowest BCUT2D eigenvalue weighted by Crippen LogP contribution is -2.17. The minimum absolute atomic E-state index is 0.0176. The van der Waals surface area contributed by atoms with Gasteiger partial charge < -0.3 is 0 Å². The average Bonchev–Trinajstić information content (AvgIpc) is 2.19. The molecule has 0 nitrogen and oxygen atoms in total. The maximum absolute atomic E-state index is 12.6. The first-order valence-corrected chi connectivity index (χ1v) is 5.79. The van der Waals surface area contributed by atoms with Crippen molar-refractivity contribution >= 4 is 0 Å². The molecule has 0 aliphatic heterocycles. The van der Waals surface area contributed by atoms with E-state index in [0.717, 1.165) is 12.0 Å². The van der Waals surface area contributed by atoms with Crippen molar-refractivity contribution in [3.63, 3.8) is 0 Å². The minimum Gasteiger partial charge on any atom is -0.166 e. The van der Waals surface area contributed by atoms with E-state index in [9.17, 15) is 13.2 Å². The van der Waals surface area contributed by atoms with Gasteiger partial charge in [-0.2, -0.15) is 13.2 Å². The summed E-state index contributed by atoms with van der Waals surface area (Å²) in [6.45, 7) is 9.38. The minimum atomic E-state index is -4.19. The smallest absolute Gasteiger partial charge is 0.166 e. The molecule has 0 N–H and O–H groups in total. The third kappa shape index (κ3) is 4.03. The fourth-order valence-corrected chi connectivity index (χ4v) is 1.74. The van der Waals surface area contributed by atoms with Crippen LogP contribution in [-0.2, 0) is 0 Å². The van der Waals surface area contributed by atoms with E-state index in [0.29, 0.717) is 12.0 Å². The molecule has 0 spiro atoms. The number of halogens is 3. The van der Waals surface area contributed by atoms with Crippen LogP contribution in [0.5, 0.6) is 0 Å². The first-order chi connectivity index (χ1) is 7.32. The second-order valence-corrected chi connectivity index (χ2v) is 4.08. The number of allylic oxidation sites excluding steroid dienone is 4. The Morgan fingerprint density at radius 3 is 2.00 bits per heavy atom. The fourth-order valence-electron chi connectivity index (χ4n) is 1.74. The number of rotatable bonds is 1. The second-order valence-electron chi connectivity index (χ2n) is 4.08. The van der Waals surface area contributed by atoms with E-state index in [4.69, 9.17) is 0 Å². The first-order valence-electron chi connectivity index (χ1n) is 5.79. The topological polar surface area (TPSA) is 0 Å². The van der Waals surface area contributed by atoms with Gasteiger partial charge in [-0.05, 0) is 25.7 Å². The molecule has 0 aromatic heterocycles. The Kier molecular flexibility index (Phi) is 5.84.